The summed E-state index contributed by atoms with van der Waals surface area (Å²) < 4.78 is 16.7. The van der Waals surface area contributed by atoms with Crippen molar-refractivity contribution in [3.05, 3.63) is 24.3 Å². The van der Waals surface area contributed by atoms with E-state index in [0.29, 0.717) is 6.61 Å². The zero-order valence-corrected chi connectivity index (χ0v) is 11.1. The number of fused-ring (bicyclic) bond motifs is 1. The van der Waals surface area contributed by atoms with Crippen LogP contribution in [-0.4, -0.2) is 51.0 Å². The van der Waals surface area contributed by atoms with Crippen LogP contribution in [-0.2, 0) is 4.74 Å². The maximum atomic E-state index is 5.94. The SMILES string of the molecule is CCN(CCOC)C[C@@H]1COc2ccccc2O1. The van der Waals surface area contributed by atoms with Gasteiger partial charge in [0.05, 0.1) is 6.61 Å². The molecule has 4 nitrogen and oxygen atoms in total. The van der Waals surface area contributed by atoms with Crippen LogP contribution in [0.2, 0.25) is 0 Å². The summed E-state index contributed by atoms with van der Waals surface area (Å²) in [6.45, 7) is 6.29. The van der Waals surface area contributed by atoms with E-state index in [9.17, 15) is 0 Å². The van der Waals surface area contributed by atoms with Crippen molar-refractivity contribution in [2.75, 3.05) is 40.0 Å². The number of nitrogens with zero attached hydrogens (tertiary/aromatic N) is 1. The fourth-order valence-electron chi connectivity index (χ4n) is 2.04. The topological polar surface area (TPSA) is 30.9 Å². The van der Waals surface area contributed by atoms with E-state index >= 15 is 0 Å². The predicted octanol–water partition coefficient (Wildman–Crippen LogP) is 1.79. The minimum Gasteiger partial charge on any atom is -0.486 e. The van der Waals surface area contributed by atoms with Gasteiger partial charge in [-0.25, -0.2) is 0 Å². The van der Waals surface area contributed by atoms with E-state index in [1.54, 1.807) is 7.11 Å². The van der Waals surface area contributed by atoms with Gasteiger partial charge < -0.3 is 14.2 Å². The molecule has 1 heterocycles. The maximum Gasteiger partial charge on any atom is 0.161 e. The standard InChI is InChI=1S/C14H21NO3/c1-3-15(8-9-16-2)10-12-11-17-13-6-4-5-7-14(13)18-12/h4-7,12H,3,8-11H2,1-2H3/t12-/m1/s1. The Kier molecular flexibility index (Phi) is 4.84. The van der Waals surface area contributed by atoms with E-state index in [1.165, 1.54) is 0 Å². The first kappa shape index (κ1) is 13.2. The Morgan fingerprint density at radius 3 is 2.83 bits per heavy atom. The van der Waals surface area contributed by atoms with E-state index in [4.69, 9.17) is 14.2 Å². The van der Waals surface area contributed by atoms with Crippen molar-refractivity contribution in [3.63, 3.8) is 0 Å². The molecule has 0 unspecified atom stereocenters. The lowest BCUT2D eigenvalue weighted by atomic mass is 10.2. The quantitative estimate of drug-likeness (QED) is 0.771. The van der Waals surface area contributed by atoms with Crippen molar-refractivity contribution >= 4 is 0 Å². The highest BCUT2D eigenvalue weighted by molar-refractivity contribution is 5.40. The third-order valence-electron chi connectivity index (χ3n) is 3.09. The number of para-hydroxylation sites is 2. The number of benzene rings is 1. The molecule has 0 bridgehead atoms. The molecular formula is C14H21NO3. The molecule has 1 aliphatic rings. The van der Waals surface area contributed by atoms with Gasteiger partial charge in [-0.05, 0) is 18.7 Å². The van der Waals surface area contributed by atoms with Crippen LogP contribution in [0.5, 0.6) is 11.5 Å². The third-order valence-corrected chi connectivity index (χ3v) is 3.09. The first-order valence-corrected chi connectivity index (χ1v) is 6.43. The highest BCUT2D eigenvalue weighted by Gasteiger charge is 2.22. The molecule has 0 aromatic heterocycles. The molecule has 2 rings (SSSR count). The van der Waals surface area contributed by atoms with Crippen molar-refractivity contribution in [1.29, 1.82) is 0 Å². The van der Waals surface area contributed by atoms with Gasteiger partial charge in [0.2, 0.25) is 0 Å². The van der Waals surface area contributed by atoms with Crippen molar-refractivity contribution < 1.29 is 14.2 Å². The summed E-state index contributed by atoms with van der Waals surface area (Å²) in [6, 6.07) is 7.81. The molecular weight excluding hydrogens is 230 g/mol. The van der Waals surface area contributed by atoms with Gasteiger partial charge in [0.25, 0.3) is 0 Å². The smallest absolute Gasteiger partial charge is 0.161 e. The summed E-state index contributed by atoms with van der Waals surface area (Å²) in [5.74, 6) is 1.69. The van der Waals surface area contributed by atoms with Crippen LogP contribution >= 0.6 is 0 Å². The van der Waals surface area contributed by atoms with Crippen molar-refractivity contribution in [3.8, 4) is 11.5 Å². The Labute approximate surface area is 108 Å². The number of hydrogen-bond acceptors (Lipinski definition) is 4. The van der Waals surface area contributed by atoms with Gasteiger partial charge in [0.15, 0.2) is 11.5 Å². The number of likely N-dealkylation sites (N-methyl/N-ethyl adjacent to an activating group) is 1. The van der Waals surface area contributed by atoms with Crippen LogP contribution in [0.4, 0.5) is 0 Å². The van der Waals surface area contributed by atoms with Gasteiger partial charge in [0.1, 0.15) is 12.7 Å². The van der Waals surface area contributed by atoms with E-state index < -0.39 is 0 Å². The molecule has 1 aromatic rings. The Morgan fingerprint density at radius 2 is 2.11 bits per heavy atom. The average Bonchev–Trinajstić information content (AvgIpc) is 2.43. The van der Waals surface area contributed by atoms with Crippen LogP contribution in [0.15, 0.2) is 24.3 Å². The second-order valence-corrected chi connectivity index (χ2v) is 4.38. The second kappa shape index (κ2) is 6.61. The second-order valence-electron chi connectivity index (χ2n) is 4.38. The van der Waals surface area contributed by atoms with E-state index in [1.807, 2.05) is 24.3 Å². The van der Waals surface area contributed by atoms with Crippen molar-refractivity contribution in [2.45, 2.75) is 13.0 Å². The molecule has 18 heavy (non-hydrogen) atoms. The summed E-state index contributed by atoms with van der Waals surface area (Å²) in [5.41, 5.74) is 0. The maximum absolute atomic E-state index is 5.94. The van der Waals surface area contributed by atoms with Crippen LogP contribution < -0.4 is 9.47 Å². The molecule has 0 radical (unpaired) electrons. The van der Waals surface area contributed by atoms with Gasteiger partial charge in [0, 0.05) is 20.2 Å². The minimum absolute atomic E-state index is 0.0942. The van der Waals surface area contributed by atoms with Gasteiger partial charge in [-0.15, -0.1) is 0 Å². The van der Waals surface area contributed by atoms with Crippen LogP contribution in [0.1, 0.15) is 6.92 Å². The summed E-state index contributed by atoms with van der Waals surface area (Å²) in [4.78, 5) is 2.31. The minimum atomic E-state index is 0.0942. The Morgan fingerprint density at radius 1 is 1.33 bits per heavy atom. The number of rotatable bonds is 6. The number of ether oxygens (including phenoxy) is 3. The van der Waals surface area contributed by atoms with Gasteiger partial charge in [-0.3, -0.25) is 4.90 Å². The molecule has 0 saturated carbocycles. The van der Waals surface area contributed by atoms with E-state index in [2.05, 4.69) is 11.8 Å². The molecule has 100 valence electrons. The summed E-state index contributed by atoms with van der Waals surface area (Å²) in [6.07, 6.45) is 0.0942. The zero-order valence-electron chi connectivity index (χ0n) is 11.1. The molecule has 1 atom stereocenters. The van der Waals surface area contributed by atoms with E-state index in [-0.39, 0.29) is 6.10 Å². The van der Waals surface area contributed by atoms with Gasteiger partial charge >= 0.3 is 0 Å². The zero-order chi connectivity index (χ0) is 12.8. The van der Waals surface area contributed by atoms with Crippen LogP contribution in [0, 0.1) is 0 Å². The molecule has 0 amide bonds. The third kappa shape index (κ3) is 3.37. The van der Waals surface area contributed by atoms with E-state index in [0.717, 1.165) is 37.7 Å². The Hall–Kier alpha value is -1.26. The summed E-state index contributed by atoms with van der Waals surface area (Å²) >= 11 is 0. The molecule has 1 aliphatic heterocycles. The van der Waals surface area contributed by atoms with Gasteiger partial charge in [-0.2, -0.15) is 0 Å². The van der Waals surface area contributed by atoms with Crippen molar-refractivity contribution in [2.24, 2.45) is 0 Å². The van der Waals surface area contributed by atoms with Crippen LogP contribution in [0.25, 0.3) is 0 Å². The predicted molar refractivity (Wildman–Crippen MR) is 70.3 cm³/mol. The van der Waals surface area contributed by atoms with Crippen LogP contribution in [0.3, 0.4) is 0 Å². The molecule has 0 aliphatic carbocycles. The highest BCUT2D eigenvalue weighted by Crippen LogP contribution is 2.30. The first-order chi connectivity index (χ1) is 8.83. The molecule has 1 aromatic carbocycles. The fraction of sp³-hybridized carbons (Fsp3) is 0.571. The van der Waals surface area contributed by atoms with Gasteiger partial charge in [-0.1, -0.05) is 19.1 Å². The lowest BCUT2D eigenvalue weighted by Gasteiger charge is -2.30. The first-order valence-electron chi connectivity index (χ1n) is 6.43. The largest absolute Gasteiger partial charge is 0.486 e. The molecule has 4 heteroatoms. The number of hydrogen-bond donors (Lipinski definition) is 0. The number of methoxy groups -OCH3 is 1. The Balaban J connectivity index is 1.88. The molecule has 0 spiro atoms. The molecule has 0 fully saturated rings. The lowest BCUT2D eigenvalue weighted by Crippen LogP contribution is -2.42. The lowest BCUT2D eigenvalue weighted by molar-refractivity contribution is 0.0516. The average molecular weight is 251 g/mol. The fourth-order valence-corrected chi connectivity index (χ4v) is 2.04. The molecule has 0 saturated heterocycles. The summed E-state index contributed by atoms with van der Waals surface area (Å²) in [5, 5.41) is 0. The monoisotopic (exact) mass is 251 g/mol. The highest BCUT2D eigenvalue weighted by atomic mass is 16.6. The normalized spacial score (nSPS) is 18.1. The summed E-state index contributed by atoms with van der Waals surface area (Å²) in [7, 11) is 1.73. The van der Waals surface area contributed by atoms with Crippen molar-refractivity contribution in [1.82, 2.24) is 4.90 Å². The Bertz CT molecular complexity index is 370. The molecule has 0 N–H and O–H groups in total.